The maximum atomic E-state index is 13.1. The highest BCUT2D eigenvalue weighted by Crippen LogP contribution is 2.41. The molecular weight excluding hydrogens is 326 g/mol. The Morgan fingerprint density at radius 1 is 1.15 bits per heavy atom. The third kappa shape index (κ3) is 3.75. The minimum atomic E-state index is -0.894. The molecule has 3 rings (SSSR count). The Bertz CT molecular complexity index is 819. The number of ether oxygens (including phenoxy) is 1. The minimum Gasteiger partial charge on any atom is -0.486 e. The van der Waals surface area contributed by atoms with Gasteiger partial charge in [0.25, 0.3) is 5.91 Å². The molecule has 1 amide bonds. The van der Waals surface area contributed by atoms with Crippen molar-refractivity contribution in [1.29, 1.82) is 0 Å². The zero-order valence-electron chi connectivity index (χ0n) is 16.1. The third-order valence-corrected chi connectivity index (χ3v) is 4.39. The van der Waals surface area contributed by atoms with E-state index in [-0.39, 0.29) is 17.0 Å². The van der Waals surface area contributed by atoms with Gasteiger partial charge in [-0.15, -0.1) is 0 Å². The quantitative estimate of drug-likeness (QED) is 0.876. The maximum absolute atomic E-state index is 13.1. The molecule has 0 aromatic heterocycles. The normalized spacial score (nSPS) is 16.5. The van der Waals surface area contributed by atoms with Gasteiger partial charge in [-0.05, 0) is 45.7 Å². The molecule has 2 aromatic rings. The number of aliphatic hydroxyl groups excluding tert-OH is 1. The van der Waals surface area contributed by atoms with Crippen molar-refractivity contribution in [3.8, 4) is 5.75 Å². The van der Waals surface area contributed by atoms with Crippen LogP contribution in [0.3, 0.4) is 0 Å². The molecule has 0 spiro atoms. The van der Waals surface area contributed by atoms with E-state index in [1.54, 1.807) is 0 Å². The summed E-state index contributed by atoms with van der Waals surface area (Å²) in [6.45, 7) is 9.82. The van der Waals surface area contributed by atoms with Gasteiger partial charge in [-0.2, -0.15) is 0 Å². The summed E-state index contributed by atoms with van der Waals surface area (Å²) in [6, 6.07) is 13.2. The molecule has 1 aliphatic rings. The van der Waals surface area contributed by atoms with Gasteiger partial charge in [0.2, 0.25) is 0 Å². The van der Waals surface area contributed by atoms with Crippen LogP contribution in [0.4, 0.5) is 0 Å². The van der Waals surface area contributed by atoms with Crippen molar-refractivity contribution in [2.45, 2.75) is 58.3 Å². The highest BCUT2D eigenvalue weighted by Gasteiger charge is 2.36. The fourth-order valence-corrected chi connectivity index (χ4v) is 3.35. The standard InChI is InChI=1S/C22H27NO3/c1-21(2,3)23-20(25)17-16(18(24)14-9-7-6-8-10-14)12-11-15-13-22(4,5)26-19(15)17/h6-12,18,24H,13H2,1-5H3,(H,23,25). The molecule has 4 heteroatoms. The van der Waals surface area contributed by atoms with Gasteiger partial charge in [-0.1, -0.05) is 42.5 Å². The number of amides is 1. The van der Waals surface area contributed by atoms with Gasteiger partial charge in [0.05, 0.1) is 5.56 Å². The van der Waals surface area contributed by atoms with E-state index in [1.165, 1.54) is 0 Å². The topological polar surface area (TPSA) is 58.6 Å². The van der Waals surface area contributed by atoms with Crippen LogP contribution in [0.2, 0.25) is 0 Å². The summed E-state index contributed by atoms with van der Waals surface area (Å²) in [5, 5.41) is 14.0. The predicted octanol–water partition coefficient (Wildman–Crippen LogP) is 4.01. The SMILES string of the molecule is CC(C)(C)NC(=O)c1c(C(O)c2ccccc2)ccc2c1OC(C)(C)C2. The molecule has 1 aliphatic heterocycles. The van der Waals surface area contributed by atoms with Crippen LogP contribution in [-0.4, -0.2) is 22.2 Å². The Kier molecular flexibility index (Phi) is 4.57. The van der Waals surface area contributed by atoms with Crippen molar-refractivity contribution < 1.29 is 14.6 Å². The molecule has 2 N–H and O–H groups in total. The zero-order chi connectivity index (χ0) is 19.1. The second-order valence-corrected chi connectivity index (χ2v) is 8.57. The van der Waals surface area contributed by atoms with Crippen LogP contribution in [-0.2, 0) is 6.42 Å². The van der Waals surface area contributed by atoms with E-state index in [4.69, 9.17) is 4.74 Å². The lowest BCUT2D eigenvalue weighted by atomic mass is 9.92. The largest absolute Gasteiger partial charge is 0.486 e. The van der Waals surface area contributed by atoms with Crippen molar-refractivity contribution in [1.82, 2.24) is 5.32 Å². The number of nitrogens with one attached hydrogen (secondary N) is 1. The highest BCUT2D eigenvalue weighted by atomic mass is 16.5. The van der Waals surface area contributed by atoms with Crippen molar-refractivity contribution in [3.05, 3.63) is 64.7 Å². The number of rotatable bonds is 3. The molecule has 1 heterocycles. The molecule has 26 heavy (non-hydrogen) atoms. The molecular formula is C22H27NO3. The van der Waals surface area contributed by atoms with E-state index < -0.39 is 6.10 Å². The molecule has 0 fully saturated rings. The van der Waals surface area contributed by atoms with Gasteiger partial charge in [0, 0.05) is 17.5 Å². The van der Waals surface area contributed by atoms with E-state index >= 15 is 0 Å². The Morgan fingerprint density at radius 2 is 1.81 bits per heavy atom. The third-order valence-electron chi connectivity index (χ3n) is 4.39. The summed E-state index contributed by atoms with van der Waals surface area (Å²) in [5.74, 6) is 0.362. The first-order valence-corrected chi connectivity index (χ1v) is 8.98. The molecule has 2 aromatic carbocycles. The van der Waals surface area contributed by atoms with E-state index in [1.807, 2.05) is 77.1 Å². The Balaban J connectivity index is 2.12. The van der Waals surface area contributed by atoms with Gasteiger partial charge in [0.1, 0.15) is 17.5 Å². The average molecular weight is 353 g/mol. The number of carbonyl (C=O) groups excluding carboxylic acids is 1. The summed E-state index contributed by atoms with van der Waals surface area (Å²) in [5.41, 5.74) is 1.99. The van der Waals surface area contributed by atoms with E-state index in [0.717, 1.165) is 17.5 Å². The van der Waals surface area contributed by atoms with Crippen LogP contribution < -0.4 is 10.1 Å². The van der Waals surface area contributed by atoms with Gasteiger partial charge < -0.3 is 15.2 Å². The molecule has 0 bridgehead atoms. The van der Waals surface area contributed by atoms with Crippen molar-refractivity contribution in [2.75, 3.05) is 0 Å². The van der Waals surface area contributed by atoms with Crippen LogP contribution >= 0.6 is 0 Å². The first-order valence-electron chi connectivity index (χ1n) is 8.98. The van der Waals surface area contributed by atoms with Gasteiger partial charge in [-0.3, -0.25) is 4.79 Å². The lowest BCUT2D eigenvalue weighted by molar-refractivity contribution is 0.0900. The Hall–Kier alpha value is -2.33. The van der Waals surface area contributed by atoms with Crippen molar-refractivity contribution in [3.63, 3.8) is 0 Å². The van der Waals surface area contributed by atoms with E-state index in [0.29, 0.717) is 16.9 Å². The number of hydrogen-bond donors (Lipinski definition) is 2. The zero-order valence-corrected chi connectivity index (χ0v) is 16.1. The first-order chi connectivity index (χ1) is 12.1. The predicted molar refractivity (Wildman–Crippen MR) is 103 cm³/mol. The second-order valence-electron chi connectivity index (χ2n) is 8.57. The molecule has 1 atom stereocenters. The van der Waals surface area contributed by atoms with Crippen molar-refractivity contribution >= 4 is 5.91 Å². The maximum Gasteiger partial charge on any atom is 0.255 e. The molecule has 0 saturated heterocycles. The van der Waals surface area contributed by atoms with Crippen LogP contribution in [0.1, 0.15) is 67.8 Å². The number of aliphatic hydroxyl groups is 1. The smallest absolute Gasteiger partial charge is 0.255 e. The van der Waals surface area contributed by atoms with E-state index in [2.05, 4.69) is 5.32 Å². The second kappa shape index (κ2) is 6.44. The van der Waals surface area contributed by atoms with Crippen molar-refractivity contribution in [2.24, 2.45) is 0 Å². The summed E-state index contributed by atoms with van der Waals surface area (Å²) in [6.07, 6.45) is -0.158. The average Bonchev–Trinajstić information content (AvgIpc) is 2.86. The monoisotopic (exact) mass is 353 g/mol. The summed E-state index contributed by atoms with van der Waals surface area (Å²) in [4.78, 5) is 13.1. The van der Waals surface area contributed by atoms with Crippen LogP contribution in [0, 0.1) is 0 Å². The molecule has 0 aliphatic carbocycles. The molecule has 0 radical (unpaired) electrons. The Labute approximate surface area is 155 Å². The molecule has 0 saturated carbocycles. The lowest BCUT2D eigenvalue weighted by Crippen LogP contribution is -2.41. The van der Waals surface area contributed by atoms with Gasteiger partial charge in [0.15, 0.2) is 0 Å². The minimum absolute atomic E-state index is 0.225. The fraction of sp³-hybridized carbons (Fsp3) is 0.409. The number of benzene rings is 2. The summed E-state index contributed by atoms with van der Waals surface area (Å²) >= 11 is 0. The highest BCUT2D eigenvalue weighted by molar-refractivity contribution is 5.99. The fourth-order valence-electron chi connectivity index (χ4n) is 3.35. The van der Waals surface area contributed by atoms with Gasteiger partial charge in [-0.25, -0.2) is 0 Å². The first kappa shape index (κ1) is 18.5. The van der Waals surface area contributed by atoms with E-state index in [9.17, 15) is 9.90 Å². The molecule has 138 valence electrons. The number of hydrogen-bond acceptors (Lipinski definition) is 3. The van der Waals surface area contributed by atoms with Gasteiger partial charge >= 0.3 is 0 Å². The van der Waals surface area contributed by atoms with Crippen LogP contribution in [0.5, 0.6) is 5.75 Å². The number of fused-ring (bicyclic) bond motifs is 1. The number of carbonyl (C=O) groups is 1. The van der Waals surface area contributed by atoms with Crippen LogP contribution in [0.15, 0.2) is 42.5 Å². The molecule has 1 unspecified atom stereocenters. The lowest BCUT2D eigenvalue weighted by Gasteiger charge is -2.25. The Morgan fingerprint density at radius 3 is 2.42 bits per heavy atom. The van der Waals surface area contributed by atoms with Crippen LogP contribution in [0.25, 0.3) is 0 Å². The summed E-state index contributed by atoms with van der Waals surface area (Å²) in [7, 11) is 0. The molecule has 4 nitrogen and oxygen atoms in total. The summed E-state index contributed by atoms with van der Waals surface area (Å²) < 4.78 is 6.12.